The van der Waals surface area contributed by atoms with E-state index in [1.165, 1.54) is 11.3 Å². The Bertz CT molecular complexity index is 769. The summed E-state index contributed by atoms with van der Waals surface area (Å²) in [4.78, 5) is 13.1. The number of amides is 1. The number of thiophene rings is 1. The maximum atomic E-state index is 11.5. The van der Waals surface area contributed by atoms with Crippen LogP contribution in [0.1, 0.15) is 0 Å². The molecule has 3 rings (SSSR count). The van der Waals surface area contributed by atoms with E-state index in [-0.39, 0.29) is 0 Å². The van der Waals surface area contributed by atoms with Crippen LogP contribution in [0.15, 0.2) is 53.0 Å². The molecule has 5 heteroatoms. The second-order valence-electron chi connectivity index (χ2n) is 4.17. The van der Waals surface area contributed by atoms with Gasteiger partial charge in [-0.05, 0) is 30.3 Å². The minimum absolute atomic E-state index is 0.612. The molecular formula is C15H9BrClNOS. The van der Waals surface area contributed by atoms with Gasteiger partial charge < -0.3 is 0 Å². The fourth-order valence-corrected chi connectivity index (χ4v) is 3.76. The van der Waals surface area contributed by atoms with Gasteiger partial charge in [-0.15, -0.1) is 11.3 Å². The van der Waals surface area contributed by atoms with Crippen LogP contribution in [0.2, 0.25) is 5.02 Å². The number of rotatable bonds is 3. The summed E-state index contributed by atoms with van der Waals surface area (Å²) >= 11 is 11.3. The Hall–Kier alpha value is -1.36. The van der Waals surface area contributed by atoms with Gasteiger partial charge in [0.1, 0.15) is 5.00 Å². The summed E-state index contributed by atoms with van der Waals surface area (Å²) in [5.41, 5.74) is 0.789. The molecule has 0 saturated carbocycles. The van der Waals surface area contributed by atoms with Crippen LogP contribution in [0.5, 0.6) is 0 Å². The average molecular weight is 367 g/mol. The minimum atomic E-state index is 0.612. The van der Waals surface area contributed by atoms with Crippen LogP contribution < -0.4 is 4.90 Å². The molecule has 0 aliphatic carbocycles. The largest absolute Gasteiger partial charge is 0.278 e. The van der Waals surface area contributed by atoms with E-state index >= 15 is 0 Å². The molecule has 2 aromatic carbocycles. The number of fused-ring (bicyclic) bond motifs is 1. The predicted octanol–water partition coefficient (Wildman–Crippen LogP) is 5.61. The molecule has 1 heterocycles. The van der Waals surface area contributed by atoms with Crippen LogP contribution >= 0.6 is 38.9 Å². The number of anilines is 2. The number of benzene rings is 2. The molecule has 0 aliphatic heterocycles. The molecule has 0 N–H and O–H groups in total. The van der Waals surface area contributed by atoms with Crippen molar-refractivity contribution in [2.45, 2.75) is 0 Å². The molecule has 0 unspecified atom stereocenters. The Labute approximate surface area is 133 Å². The van der Waals surface area contributed by atoms with Crippen molar-refractivity contribution >= 4 is 66.1 Å². The Balaban J connectivity index is 2.14. The van der Waals surface area contributed by atoms with Gasteiger partial charge in [0, 0.05) is 20.2 Å². The minimum Gasteiger partial charge on any atom is -0.278 e. The van der Waals surface area contributed by atoms with E-state index in [0.29, 0.717) is 5.02 Å². The van der Waals surface area contributed by atoms with Gasteiger partial charge in [0.05, 0.1) is 5.02 Å². The van der Waals surface area contributed by atoms with Crippen molar-refractivity contribution in [3.63, 3.8) is 0 Å². The second-order valence-corrected chi connectivity index (χ2v) is 6.49. The van der Waals surface area contributed by atoms with E-state index < -0.39 is 0 Å². The maximum Gasteiger partial charge on any atom is 0.219 e. The Morgan fingerprint density at radius 1 is 1.10 bits per heavy atom. The molecule has 1 aromatic heterocycles. The summed E-state index contributed by atoms with van der Waals surface area (Å²) in [6, 6.07) is 15.4. The molecule has 20 heavy (non-hydrogen) atoms. The van der Waals surface area contributed by atoms with Gasteiger partial charge in [0.2, 0.25) is 6.41 Å². The first-order chi connectivity index (χ1) is 9.70. The highest BCUT2D eigenvalue weighted by atomic mass is 79.9. The maximum absolute atomic E-state index is 11.5. The summed E-state index contributed by atoms with van der Waals surface area (Å²) in [5, 5.41) is 2.32. The zero-order valence-electron chi connectivity index (χ0n) is 10.2. The van der Waals surface area contributed by atoms with Crippen LogP contribution in [-0.2, 0) is 4.79 Å². The third kappa shape index (κ3) is 2.35. The zero-order valence-corrected chi connectivity index (χ0v) is 13.4. The third-order valence-corrected chi connectivity index (χ3v) is 5.14. The highest BCUT2D eigenvalue weighted by molar-refractivity contribution is 9.10. The average Bonchev–Trinajstić information content (AvgIpc) is 2.80. The number of nitrogens with zero attached hydrogens (tertiary/aromatic N) is 1. The molecule has 0 fully saturated rings. The number of carbonyl (C=O) groups is 1. The third-order valence-electron chi connectivity index (χ3n) is 2.95. The van der Waals surface area contributed by atoms with Crippen molar-refractivity contribution < 1.29 is 4.79 Å². The topological polar surface area (TPSA) is 20.3 Å². The molecule has 0 saturated heterocycles. The fraction of sp³-hybridized carbons (Fsp3) is 0. The van der Waals surface area contributed by atoms with Crippen LogP contribution in [0.3, 0.4) is 0 Å². The number of hydrogen-bond acceptors (Lipinski definition) is 2. The van der Waals surface area contributed by atoms with E-state index in [0.717, 1.165) is 31.7 Å². The lowest BCUT2D eigenvalue weighted by atomic mass is 10.2. The lowest BCUT2D eigenvalue weighted by Crippen LogP contribution is -2.12. The van der Waals surface area contributed by atoms with Crippen molar-refractivity contribution in [2.75, 3.05) is 4.90 Å². The summed E-state index contributed by atoms with van der Waals surface area (Å²) < 4.78 is 2.03. The Morgan fingerprint density at radius 2 is 1.80 bits per heavy atom. The van der Waals surface area contributed by atoms with Crippen molar-refractivity contribution in [3.8, 4) is 0 Å². The first kappa shape index (κ1) is 13.6. The smallest absolute Gasteiger partial charge is 0.219 e. The Kier molecular flexibility index (Phi) is 3.78. The zero-order chi connectivity index (χ0) is 14.1. The summed E-state index contributed by atoms with van der Waals surface area (Å²) in [6.45, 7) is 0. The van der Waals surface area contributed by atoms with Crippen molar-refractivity contribution in [1.82, 2.24) is 0 Å². The highest BCUT2D eigenvalue weighted by Gasteiger charge is 2.17. The number of carbonyl (C=O) groups excluding carboxylic acids is 1. The van der Waals surface area contributed by atoms with Gasteiger partial charge in [0.15, 0.2) is 0 Å². The van der Waals surface area contributed by atoms with Gasteiger partial charge >= 0.3 is 0 Å². The van der Waals surface area contributed by atoms with Crippen LogP contribution in [0, 0.1) is 0 Å². The lowest BCUT2D eigenvalue weighted by molar-refractivity contribution is -0.106. The predicted molar refractivity (Wildman–Crippen MR) is 89.2 cm³/mol. The summed E-state index contributed by atoms with van der Waals surface area (Å²) in [7, 11) is 0. The van der Waals surface area contributed by atoms with Gasteiger partial charge in [-0.1, -0.05) is 45.7 Å². The fourth-order valence-electron chi connectivity index (χ4n) is 1.98. The van der Waals surface area contributed by atoms with Gasteiger partial charge in [-0.25, -0.2) is 0 Å². The molecule has 3 aromatic rings. The van der Waals surface area contributed by atoms with Gasteiger partial charge in [0.25, 0.3) is 0 Å². The molecule has 0 spiro atoms. The van der Waals surface area contributed by atoms with Crippen molar-refractivity contribution in [2.24, 2.45) is 0 Å². The molecule has 0 aliphatic rings. The quantitative estimate of drug-likeness (QED) is 0.552. The first-order valence-corrected chi connectivity index (χ1v) is 7.86. The molecule has 0 radical (unpaired) electrons. The molecule has 100 valence electrons. The second kappa shape index (κ2) is 5.56. The van der Waals surface area contributed by atoms with Crippen molar-refractivity contribution in [3.05, 3.63) is 58.0 Å². The van der Waals surface area contributed by atoms with E-state index in [1.807, 2.05) is 48.5 Å². The van der Waals surface area contributed by atoms with Crippen molar-refractivity contribution in [1.29, 1.82) is 0 Å². The van der Waals surface area contributed by atoms with E-state index in [2.05, 4.69) is 15.9 Å². The van der Waals surface area contributed by atoms with Crippen LogP contribution in [0.4, 0.5) is 10.7 Å². The van der Waals surface area contributed by atoms with Crippen LogP contribution in [-0.4, -0.2) is 6.41 Å². The highest BCUT2D eigenvalue weighted by Crippen LogP contribution is 2.43. The number of hydrogen-bond donors (Lipinski definition) is 0. The molecule has 2 nitrogen and oxygen atoms in total. The standard InChI is InChI=1S/C15H9BrClNOS/c16-10-5-7-11(8-6-10)18(9-19)15-14(17)12-3-1-2-4-13(12)20-15/h1-9H. The molecule has 0 atom stereocenters. The van der Waals surface area contributed by atoms with E-state index in [4.69, 9.17) is 11.6 Å². The number of halogens is 2. The molecule has 1 amide bonds. The Morgan fingerprint density at radius 3 is 2.45 bits per heavy atom. The van der Waals surface area contributed by atoms with E-state index in [1.54, 1.807) is 4.90 Å². The lowest BCUT2D eigenvalue weighted by Gasteiger charge is -2.15. The van der Waals surface area contributed by atoms with Gasteiger partial charge in [-0.2, -0.15) is 0 Å². The summed E-state index contributed by atoms with van der Waals surface area (Å²) in [5.74, 6) is 0. The van der Waals surface area contributed by atoms with Crippen LogP contribution in [0.25, 0.3) is 10.1 Å². The SMILES string of the molecule is O=CN(c1ccc(Br)cc1)c1sc2ccccc2c1Cl. The van der Waals surface area contributed by atoms with E-state index in [9.17, 15) is 4.79 Å². The van der Waals surface area contributed by atoms with Gasteiger partial charge in [-0.3, -0.25) is 9.69 Å². The molecule has 0 bridgehead atoms. The first-order valence-electron chi connectivity index (χ1n) is 5.88. The molecular weight excluding hydrogens is 358 g/mol. The monoisotopic (exact) mass is 365 g/mol. The summed E-state index contributed by atoms with van der Waals surface area (Å²) in [6.07, 6.45) is 0.791. The normalized spacial score (nSPS) is 10.7.